The van der Waals surface area contributed by atoms with Gasteiger partial charge in [0.2, 0.25) is 17.6 Å². The van der Waals surface area contributed by atoms with Crippen LogP contribution in [0.1, 0.15) is 6.92 Å². The van der Waals surface area contributed by atoms with E-state index < -0.39 is 0 Å². The zero-order valence-electron chi connectivity index (χ0n) is 15.5. The Balaban J connectivity index is 2.20. The van der Waals surface area contributed by atoms with Crippen molar-refractivity contribution in [3.05, 3.63) is 41.4 Å². The fourth-order valence-electron chi connectivity index (χ4n) is 2.50. The summed E-state index contributed by atoms with van der Waals surface area (Å²) in [4.78, 5) is 25.8. The Hall–Kier alpha value is -2.93. The Bertz CT molecular complexity index is 798. The highest BCUT2D eigenvalue weighted by molar-refractivity contribution is 6.30. The number of rotatable bonds is 7. The van der Waals surface area contributed by atoms with Crippen LogP contribution in [0.4, 0.5) is 11.4 Å². The molecule has 0 aliphatic rings. The first kappa shape index (κ1) is 20.4. The van der Waals surface area contributed by atoms with Crippen LogP contribution in [0.15, 0.2) is 36.4 Å². The van der Waals surface area contributed by atoms with Gasteiger partial charge in [0.05, 0.1) is 21.3 Å². The smallest absolute Gasteiger partial charge is 0.244 e. The molecule has 0 unspecified atom stereocenters. The Morgan fingerprint density at radius 2 is 1.56 bits per heavy atom. The van der Waals surface area contributed by atoms with Gasteiger partial charge >= 0.3 is 0 Å². The molecule has 0 radical (unpaired) electrons. The summed E-state index contributed by atoms with van der Waals surface area (Å²) in [6, 6.07) is 9.89. The van der Waals surface area contributed by atoms with Crippen LogP contribution in [0.5, 0.6) is 17.2 Å². The summed E-state index contributed by atoms with van der Waals surface area (Å²) in [5.41, 5.74) is 1.03. The average Bonchev–Trinajstić information content (AvgIpc) is 2.65. The van der Waals surface area contributed by atoms with E-state index in [4.69, 9.17) is 25.8 Å². The van der Waals surface area contributed by atoms with E-state index in [2.05, 4.69) is 5.32 Å². The Kier molecular flexibility index (Phi) is 6.90. The van der Waals surface area contributed by atoms with Gasteiger partial charge in [0, 0.05) is 35.5 Å². The second kappa shape index (κ2) is 9.14. The second-order valence-corrected chi connectivity index (χ2v) is 5.98. The molecule has 2 amide bonds. The summed E-state index contributed by atoms with van der Waals surface area (Å²) in [5, 5.41) is 3.28. The monoisotopic (exact) mass is 392 g/mol. The molecular formula is C19H21ClN2O5. The molecule has 2 rings (SSSR count). The summed E-state index contributed by atoms with van der Waals surface area (Å²) >= 11 is 5.87. The number of ether oxygens (including phenoxy) is 3. The molecule has 0 aliphatic heterocycles. The summed E-state index contributed by atoms with van der Waals surface area (Å²) in [5.74, 6) is 0.595. The number of nitrogens with zero attached hydrogens (tertiary/aromatic N) is 1. The molecule has 1 N–H and O–H groups in total. The van der Waals surface area contributed by atoms with Gasteiger partial charge in [0.15, 0.2) is 11.5 Å². The third-order valence-corrected chi connectivity index (χ3v) is 4.02. The number of nitrogens with one attached hydrogen (secondary N) is 1. The molecule has 0 spiro atoms. The van der Waals surface area contributed by atoms with Gasteiger partial charge in [-0.1, -0.05) is 11.6 Å². The predicted octanol–water partition coefficient (Wildman–Crippen LogP) is 3.36. The molecule has 27 heavy (non-hydrogen) atoms. The molecule has 0 fully saturated rings. The number of hydrogen-bond donors (Lipinski definition) is 1. The lowest BCUT2D eigenvalue weighted by molar-refractivity contribution is -0.120. The van der Waals surface area contributed by atoms with Gasteiger partial charge in [-0.25, -0.2) is 0 Å². The number of methoxy groups -OCH3 is 3. The van der Waals surface area contributed by atoms with Gasteiger partial charge in [-0.05, 0) is 24.3 Å². The molecule has 0 aliphatic carbocycles. The lowest BCUT2D eigenvalue weighted by Gasteiger charge is -2.21. The van der Waals surface area contributed by atoms with E-state index in [1.54, 1.807) is 36.4 Å². The molecule has 0 aromatic heterocycles. The van der Waals surface area contributed by atoms with Crippen LogP contribution in [0, 0.1) is 0 Å². The third-order valence-electron chi connectivity index (χ3n) is 3.77. The molecule has 0 heterocycles. The quantitative estimate of drug-likeness (QED) is 0.781. The normalized spacial score (nSPS) is 10.1. The zero-order valence-corrected chi connectivity index (χ0v) is 16.3. The number of carbonyl (C=O) groups is 2. The lowest BCUT2D eigenvalue weighted by atomic mass is 10.2. The van der Waals surface area contributed by atoms with Gasteiger partial charge in [-0.3, -0.25) is 9.59 Å². The molecule has 2 aromatic rings. The Morgan fingerprint density at radius 3 is 2.00 bits per heavy atom. The molecule has 0 bridgehead atoms. The van der Waals surface area contributed by atoms with Gasteiger partial charge in [-0.15, -0.1) is 0 Å². The van der Waals surface area contributed by atoms with Crippen molar-refractivity contribution in [2.45, 2.75) is 6.92 Å². The van der Waals surface area contributed by atoms with E-state index in [1.165, 1.54) is 33.2 Å². The van der Waals surface area contributed by atoms with Crippen molar-refractivity contribution >= 4 is 34.8 Å². The minimum absolute atomic E-state index is 0.159. The maximum Gasteiger partial charge on any atom is 0.244 e. The first-order valence-corrected chi connectivity index (χ1v) is 8.41. The Labute approximate surface area is 162 Å². The first-order valence-electron chi connectivity index (χ1n) is 8.03. The van der Waals surface area contributed by atoms with Crippen molar-refractivity contribution < 1.29 is 23.8 Å². The molecule has 0 saturated heterocycles. The van der Waals surface area contributed by atoms with Crippen LogP contribution >= 0.6 is 11.6 Å². The molecule has 8 heteroatoms. The van der Waals surface area contributed by atoms with Crippen LogP contribution in [0.3, 0.4) is 0 Å². The Morgan fingerprint density at radius 1 is 1.00 bits per heavy atom. The van der Waals surface area contributed by atoms with Gasteiger partial charge in [0.25, 0.3) is 0 Å². The summed E-state index contributed by atoms with van der Waals surface area (Å²) in [7, 11) is 4.47. The molecule has 0 atom stereocenters. The molecule has 2 aromatic carbocycles. The molecule has 0 saturated carbocycles. The molecule has 144 valence electrons. The highest BCUT2D eigenvalue weighted by Gasteiger charge is 2.18. The highest BCUT2D eigenvalue weighted by atomic mass is 35.5. The van der Waals surface area contributed by atoms with Crippen LogP contribution in [-0.2, 0) is 9.59 Å². The van der Waals surface area contributed by atoms with Crippen molar-refractivity contribution in [2.75, 3.05) is 38.1 Å². The van der Waals surface area contributed by atoms with Crippen molar-refractivity contribution in [3.63, 3.8) is 0 Å². The summed E-state index contributed by atoms with van der Waals surface area (Å²) in [6.07, 6.45) is 0. The van der Waals surface area contributed by atoms with Gasteiger partial charge in [0.1, 0.15) is 6.54 Å². The van der Waals surface area contributed by atoms with E-state index in [1.807, 2.05) is 0 Å². The maximum atomic E-state index is 12.5. The van der Waals surface area contributed by atoms with Crippen molar-refractivity contribution in [1.29, 1.82) is 0 Å². The van der Waals surface area contributed by atoms with Crippen molar-refractivity contribution in [2.24, 2.45) is 0 Å². The van der Waals surface area contributed by atoms with Crippen molar-refractivity contribution in [3.8, 4) is 17.2 Å². The number of halogens is 1. The second-order valence-electron chi connectivity index (χ2n) is 5.54. The predicted molar refractivity (Wildman–Crippen MR) is 104 cm³/mol. The number of amides is 2. The van der Waals surface area contributed by atoms with E-state index >= 15 is 0 Å². The fourth-order valence-corrected chi connectivity index (χ4v) is 2.63. The van der Waals surface area contributed by atoms with Crippen molar-refractivity contribution in [1.82, 2.24) is 0 Å². The fraction of sp³-hybridized carbons (Fsp3) is 0.263. The van der Waals surface area contributed by atoms with E-state index in [0.29, 0.717) is 33.6 Å². The van der Waals surface area contributed by atoms with Crippen LogP contribution in [-0.4, -0.2) is 39.7 Å². The minimum Gasteiger partial charge on any atom is -0.493 e. The SMILES string of the molecule is COc1cc(NC(=O)CN(C(C)=O)c2ccc(Cl)cc2)cc(OC)c1OC. The number of anilines is 2. The number of hydrogen-bond acceptors (Lipinski definition) is 5. The zero-order chi connectivity index (χ0) is 20.0. The number of carbonyl (C=O) groups excluding carboxylic acids is 2. The molecule has 7 nitrogen and oxygen atoms in total. The highest BCUT2D eigenvalue weighted by Crippen LogP contribution is 2.39. The largest absolute Gasteiger partial charge is 0.493 e. The summed E-state index contributed by atoms with van der Waals surface area (Å²) in [6.45, 7) is 1.23. The topological polar surface area (TPSA) is 77.1 Å². The van der Waals surface area contributed by atoms with Crippen LogP contribution in [0.2, 0.25) is 5.02 Å². The number of benzene rings is 2. The van der Waals surface area contributed by atoms with Crippen LogP contribution < -0.4 is 24.4 Å². The van der Waals surface area contributed by atoms with Crippen LogP contribution in [0.25, 0.3) is 0 Å². The van der Waals surface area contributed by atoms with Gasteiger partial charge < -0.3 is 24.4 Å². The standard InChI is InChI=1S/C19H21ClN2O5/c1-12(23)22(15-7-5-13(20)6-8-15)11-18(24)21-14-9-16(25-2)19(27-4)17(10-14)26-3/h5-10H,11H2,1-4H3,(H,21,24). The molecular weight excluding hydrogens is 372 g/mol. The van der Waals surface area contributed by atoms with E-state index in [9.17, 15) is 9.59 Å². The third kappa shape index (κ3) is 5.04. The first-order chi connectivity index (χ1) is 12.9. The lowest BCUT2D eigenvalue weighted by Crippen LogP contribution is -2.36. The minimum atomic E-state index is -0.380. The summed E-state index contributed by atoms with van der Waals surface area (Å²) < 4.78 is 15.8. The van der Waals surface area contributed by atoms with Gasteiger partial charge in [-0.2, -0.15) is 0 Å². The van der Waals surface area contributed by atoms with E-state index in [-0.39, 0.29) is 18.4 Å². The average molecular weight is 393 g/mol. The van der Waals surface area contributed by atoms with E-state index in [0.717, 1.165) is 0 Å². The maximum absolute atomic E-state index is 12.5.